The zero-order valence-corrected chi connectivity index (χ0v) is 10.4. The van der Waals surface area contributed by atoms with Crippen molar-refractivity contribution in [2.24, 2.45) is 11.7 Å². The van der Waals surface area contributed by atoms with E-state index < -0.39 is 0 Å². The highest BCUT2D eigenvalue weighted by Gasteiger charge is 2.20. The molecule has 2 rings (SSSR count). The van der Waals surface area contributed by atoms with Crippen LogP contribution in [0.1, 0.15) is 30.4 Å². The molecule has 2 nitrogen and oxygen atoms in total. The average molecular weight is 218 g/mol. The van der Waals surface area contributed by atoms with Crippen LogP contribution in [0.5, 0.6) is 0 Å². The number of para-hydroxylation sites is 1. The second-order valence-electron chi connectivity index (χ2n) is 4.96. The third kappa shape index (κ3) is 2.22. The zero-order valence-electron chi connectivity index (χ0n) is 10.4. The Hall–Kier alpha value is -1.02. The molecular formula is C14H22N2. The minimum absolute atomic E-state index is 0.631. The summed E-state index contributed by atoms with van der Waals surface area (Å²) in [5.74, 6) is 0.898. The molecule has 1 aliphatic carbocycles. The zero-order chi connectivity index (χ0) is 11.5. The summed E-state index contributed by atoms with van der Waals surface area (Å²) in [6.45, 7) is 3.98. The van der Waals surface area contributed by atoms with Gasteiger partial charge >= 0.3 is 0 Å². The highest BCUT2D eigenvalue weighted by molar-refractivity contribution is 5.58. The molecule has 0 atom stereocenters. The summed E-state index contributed by atoms with van der Waals surface area (Å²) < 4.78 is 0. The molecule has 0 unspecified atom stereocenters. The number of hydrogen-bond acceptors (Lipinski definition) is 2. The topological polar surface area (TPSA) is 29.3 Å². The molecule has 0 heterocycles. The van der Waals surface area contributed by atoms with Crippen molar-refractivity contribution in [3.05, 3.63) is 29.3 Å². The van der Waals surface area contributed by atoms with Gasteiger partial charge in [-0.1, -0.05) is 24.6 Å². The van der Waals surface area contributed by atoms with Crippen molar-refractivity contribution in [2.45, 2.75) is 32.7 Å². The van der Waals surface area contributed by atoms with E-state index in [0.717, 1.165) is 5.92 Å². The van der Waals surface area contributed by atoms with Crippen molar-refractivity contribution in [3.63, 3.8) is 0 Å². The van der Waals surface area contributed by atoms with Crippen molar-refractivity contribution in [2.75, 3.05) is 18.5 Å². The van der Waals surface area contributed by atoms with Crippen molar-refractivity contribution in [1.82, 2.24) is 0 Å². The van der Waals surface area contributed by atoms with Gasteiger partial charge in [0, 0.05) is 25.8 Å². The minimum atomic E-state index is 0.631. The average Bonchev–Trinajstić information content (AvgIpc) is 2.22. The fraction of sp³-hybridized carbons (Fsp3) is 0.571. The molecule has 0 saturated heterocycles. The lowest BCUT2D eigenvalue weighted by atomic mass is 9.85. The number of anilines is 1. The second-order valence-corrected chi connectivity index (χ2v) is 4.96. The molecule has 1 saturated carbocycles. The predicted molar refractivity (Wildman–Crippen MR) is 69.7 cm³/mol. The summed E-state index contributed by atoms with van der Waals surface area (Å²) in [6, 6.07) is 6.41. The smallest absolute Gasteiger partial charge is 0.0438 e. The molecule has 88 valence electrons. The number of rotatable bonds is 4. The Morgan fingerprint density at radius 1 is 1.38 bits per heavy atom. The van der Waals surface area contributed by atoms with Gasteiger partial charge < -0.3 is 10.6 Å². The number of hydrogen-bond donors (Lipinski definition) is 1. The Labute approximate surface area is 98.4 Å². The van der Waals surface area contributed by atoms with Crippen LogP contribution in [0, 0.1) is 12.8 Å². The Kier molecular flexibility index (Phi) is 3.49. The molecule has 0 aliphatic heterocycles. The number of benzene rings is 1. The second kappa shape index (κ2) is 4.88. The largest absolute Gasteiger partial charge is 0.374 e. The first kappa shape index (κ1) is 11.5. The number of aryl methyl sites for hydroxylation is 1. The van der Waals surface area contributed by atoms with Crippen LogP contribution in [0.15, 0.2) is 18.2 Å². The van der Waals surface area contributed by atoms with Crippen molar-refractivity contribution < 1.29 is 0 Å². The fourth-order valence-corrected chi connectivity index (χ4v) is 2.58. The maximum absolute atomic E-state index is 5.81. The van der Waals surface area contributed by atoms with E-state index in [4.69, 9.17) is 5.73 Å². The molecule has 2 heteroatoms. The quantitative estimate of drug-likeness (QED) is 0.842. The SMILES string of the molecule is Cc1cccc(CN)c1N(C)CC1CCC1. The van der Waals surface area contributed by atoms with Gasteiger partial charge in [0.05, 0.1) is 0 Å². The minimum Gasteiger partial charge on any atom is -0.374 e. The maximum Gasteiger partial charge on any atom is 0.0438 e. The monoisotopic (exact) mass is 218 g/mol. The van der Waals surface area contributed by atoms with E-state index >= 15 is 0 Å². The summed E-state index contributed by atoms with van der Waals surface area (Å²) in [5, 5.41) is 0. The molecule has 1 aliphatic rings. The summed E-state index contributed by atoms with van der Waals surface area (Å²) in [4.78, 5) is 2.39. The van der Waals surface area contributed by atoms with Crippen LogP contribution < -0.4 is 10.6 Å². The molecule has 16 heavy (non-hydrogen) atoms. The summed E-state index contributed by atoms with van der Waals surface area (Å²) in [6.07, 6.45) is 4.21. The Morgan fingerprint density at radius 2 is 2.12 bits per heavy atom. The first-order valence-corrected chi connectivity index (χ1v) is 6.22. The van der Waals surface area contributed by atoms with Gasteiger partial charge in [-0.05, 0) is 36.8 Å². The van der Waals surface area contributed by atoms with Crippen LogP contribution in [0.3, 0.4) is 0 Å². The van der Waals surface area contributed by atoms with E-state index in [9.17, 15) is 0 Å². The molecule has 1 aromatic carbocycles. The van der Waals surface area contributed by atoms with Gasteiger partial charge in [0.2, 0.25) is 0 Å². The molecule has 0 bridgehead atoms. The predicted octanol–water partition coefficient (Wildman–Crippen LogP) is 2.69. The first-order valence-electron chi connectivity index (χ1n) is 6.22. The standard InChI is InChI=1S/C14H22N2/c1-11-5-3-8-13(9-15)14(11)16(2)10-12-6-4-7-12/h3,5,8,12H,4,6-7,9-10,15H2,1-2H3. The number of nitrogens with zero attached hydrogens (tertiary/aromatic N) is 1. The molecule has 0 radical (unpaired) electrons. The van der Waals surface area contributed by atoms with Crippen LogP contribution in [0.2, 0.25) is 0 Å². The van der Waals surface area contributed by atoms with Gasteiger partial charge in [-0.2, -0.15) is 0 Å². The van der Waals surface area contributed by atoms with E-state index in [1.54, 1.807) is 0 Å². The normalized spacial score (nSPS) is 15.9. The Morgan fingerprint density at radius 3 is 2.69 bits per heavy atom. The van der Waals surface area contributed by atoms with Crippen molar-refractivity contribution in [3.8, 4) is 0 Å². The highest BCUT2D eigenvalue weighted by Crippen LogP contribution is 2.30. The van der Waals surface area contributed by atoms with Crippen LogP contribution in [0.4, 0.5) is 5.69 Å². The Balaban J connectivity index is 2.16. The van der Waals surface area contributed by atoms with Crippen LogP contribution in [0.25, 0.3) is 0 Å². The van der Waals surface area contributed by atoms with Crippen LogP contribution in [-0.2, 0) is 6.54 Å². The third-order valence-corrected chi connectivity index (χ3v) is 3.68. The molecule has 1 aromatic rings. The molecule has 0 aromatic heterocycles. The summed E-state index contributed by atoms with van der Waals surface area (Å²) in [7, 11) is 2.19. The molecule has 0 amide bonds. The van der Waals surface area contributed by atoms with E-state index in [2.05, 4.69) is 37.1 Å². The Bertz CT molecular complexity index is 356. The summed E-state index contributed by atoms with van der Waals surface area (Å²) in [5.41, 5.74) is 9.76. The lowest BCUT2D eigenvalue weighted by Crippen LogP contribution is -2.30. The van der Waals surface area contributed by atoms with Gasteiger partial charge in [0.25, 0.3) is 0 Å². The van der Waals surface area contributed by atoms with E-state index in [-0.39, 0.29) is 0 Å². The maximum atomic E-state index is 5.81. The highest BCUT2D eigenvalue weighted by atomic mass is 15.1. The third-order valence-electron chi connectivity index (χ3n) is 3.68. The first-order chi connectivity index (χ1) is 7.72. The molecule has 0 spiro atoms. The van der Waals surface area contributed by atoms with E-state index in [1.165, 1.54) is 42.6 Å². The molecule has 2 N–H and O–H groups in total. The van der Waals surface area contributed by atoms with Gasteiger partial charge in [0.15, 0.2) is 0 Å². The van der Waals surface area contributed by atoms with E-state index in [1.807, 2.05) is 0 Å². The lowest BCUT2D eigenvalue weighted by molar-refractivity contribution is 0.321. The lowest BCUT2D eigenvalue weighted by Gasteiger charge is -2.33. The van der Waals surface area contributed by atoms with Gasteiger partial charge in [0.1, 0.15) is 0 Å². The van der Waals surface area contributed by atoms with Crippen LogP contribution >= 0.6 is 0 Å². The summed E-state index contributed by atoms with van der Waals surface area (Å²) >= 11 is 0. The fourth-order valence-electron chi connectivity index (χ4n) is 2.58. The van der Waals surface area contributed by atoms with E-state index in [0.29, 0.717) is 6.54 Å². The van der Waals surface area contributed by atoms with Gasteiger partial charge in [-0.25, -0.2) is 0 Å². The van der Waals surface area contributed by atoms with Crippen LogP contribution in [-0.4, -0.2) is 13.6 Å². The number of nitrogens with two attached hydrogens (primary N) is 1. The van der Waals surface area contributed by atoms with Crippen molar-refractivity contribution >= 4 is 5.69 Å². The van der Waals surface area contributed by atoms with Crippen molar-refractivity contribution in [1.29, 1.82) is 0 Å². The molecule has 1 fully saturated rings. The molecular weight excluding hydrogens is 196 g/mol. The van der Waals surface area contributed by atoms with Gasteiger partial charge in [-0.3, -0.25) is 0 Å². The van der Waals surface area contributed by atoms with Gasteiger partial charge in [-0.15, -0.1) is 0 Å².